The van der Waals surface area contributed by atoms with Gasteiger partial charge in [0.15, 0.2) is 5.16 Å². The average Bonchev–Trinajstić information content (AvgIpc) is 3.05. The molecule has 1 N–H and O–H groups in total. The van der Waals surface area contributed by atoms with Crippen LogP contribution in [-0.4, -0.2) is 38.2 Å². The van der Waals surface area contributed by atoms with Gasteiger partial charge >= 0.3 is 6.18 Å². The number of nitrogens with zero attached hydrogens (tertiary/aromatic N) is 3. The van der Waals surface area contributed by atoms with Gasteiger partial charge in [0.2, 0.25) is 5.91 Å². The van der Waals surface area contributed by atoms with Gasteiger partial charge in [-0.15, -0.1) is 0 Å². The predicted molar refractivity (Wildman–Crippen MR) is 102 cm³/mol. The van der Waals surface area contributed by atoms with Crippen molar-refractivity contribution in [3.8, 4) is 0 Å². The number of hydrogen-bond acceptors (Lipinski definition) is 4. The molecule has 0 spiro atoms. The lowest BCUT2D eigenvalue weighted by molar-refractivity contribution is -0.137. The summed E-state index contributed by atoms with van der Waals surface area (Å²) in [7, 11) is 0. The van der Waals surface area contributed by atoms with E-state index in [2.05, 4.69) is 9.97 Å². The van der Waals surface area contributed by atoms with E-state index in [0.29, 0.717) is 16.3 Å². The monoisotopic (exact) mass is 404 g/mol. The van der Waals surface area contributed by atoms with E-state index in [9.17, 15) is 18.0 Å². The van der Waals surface area contributed by atoms with Crippen LogP contribution in [0.15, 0.2) is 53.7 Å². The van der Waals surface area contributed by atoms with E-state index in [1.54, 1.807) is 6.92 Å². The molecule has 0 aliphatic carbocycles. The number of imidazole rings is 1. The minimum Gasteiger partial charge on any atom is -0.346 e. The number of fused-ring (bicyclic) bond motifs is 5. The molecule has 0 fully saturated rings. The first-order valence-electron chi connectivity index (χ1n) is 8.50. The van der Waals surface area contributed by atoms with Crippen LogP contribution in [0.2, 0.25) is 0 Å². The Bertz CT molecular complexity index is 1190. The van der Waals surface area contributed by atoms with Gasteiger partial charge in [-0.3, -0.25) is 9.20 Å². The molecule has 1 unspecified atom stereocenters. The summed E-state index contributed by atoms with van der Waals surface area (Å²) in [6.45, 7) is 0.198. The number of thioether (sulfide) groups is 1. The van der Waals surface area contributed by atoms with Gasteiger partial charge in [-0.1, -0.05) is 36.0 Å². The molecular weight excluding hydrogens is 389 g/mol. The van der Waals surface area contributed by atoms with Gasteiger partial charge in [0.05, 0.1) is 21.8 Å². The first kappa shape index (κ1) is 18.5. The van der Waals surface area contributed by atoms with Crippen LogP contribution < -0.4 is 5.32 Å². The summed E-state index contributed by atoms with van der Waals surface area (Å²) >= 11 is 1.10. The first-order valence-corrected chi connectivity index (χ1v) is 9.38. The molecule has 9 heteroatoms. The number of carbonyl (C=O) groups is 1. The van der Waals surface area contributed by atoms with Crippen molar-refractivity contribution in [2.24, 2.45) is 0 Å². The quantitative estimate of drug-likeness (QED) is 0.409. The third kappa shape index (κ3) is 3.49. The molecule has 0 bridgehead atoms. The predicted octanol–water partition coefficient (Wildman–Crippen LogP) is 4.19. The van der Waals surface area contributed by atoms with E-state index >= 15 is 0 Å². The smallest absolute Gasteiger partial charge is 0.346 e. The summed E-state index contributed by atoms with van der Waals surface area (Å²) in [5.41, 5.74) is 2.99. The first-order chi connectivity index (χ1) is 13.3. The molecule has 1 amide bonds. The third-order valence-corrected chi connectivity index (χ3v) is 5.28. The second-order valence-corrected chi connectivity index (χ2v) is 7.57. The van der Waals surface area contributed by atoms with E-state index in [1.807, 2.05) is 58.2 Å². The van der Waals surface area contributed by atoms with Crippen LogP contribution in [-0.2, 0) is 4.79 Å². The molecule has 0 saturated carbocycles. The van der Waals surface area contributed by atoms with Crippen molar-refractivity contribution in [1.29, 1.82) is 0 Å². The highest BCUT2D eigenvalue weighted by Gasteiger charge is 2.29. The lowest BCUT2D eigenvalue weighted by atomic mass is 10.2. The zero-order chi connectivity index (χ0) is 19.9. The molecule has 2 heterocycles. The van der Waals surface area contributed by atoms with Gasteiger partial charge in [0, 0.05) is 5.39 Å². The van der Waals surface area contributed by atoms with Crippen molar-refractivity contribution >= 4 is 45.3 Å². The van der Waals surface area contributed by atoms with Gasteiger partial charge < -0.3 is 5.32 Å². The maximum Gasteiger partial charge on any atom is 0.405 e. The van der Waals surface area contributed by atoms with Crippen LogP contribution in [0.1, 0.15) is 6.92 Å². The number of nitrogens with one attached hydrogen (secondary N) is 1. The summed E-state index contributed by atoms with van der Waals surface area (Å²) in [6, 6.07) is 15.0. The number of hydrogen-bond donors (Lipinski definition) is 1. The molecule has 5 nitrogen and oxygen atoms in total. The Morgan fingerprint density at radius 2 is 1.79 bits per heavy atom. The third-order valence-electron chi connectivity index (χ3n) is 4.23. The van der Waals surface area contributed by atoms with E-state index < -0.39 is 23.9 Å². The number of aromatic nitrogens is 3. The summed E-state index contributed by atoms with van der Waals surface area (Å²) in [4.78, 5) is 21.4. The fraction of sp³-hybridized carbons (Fsp3) is 0.211. The zero-order valence-corrected chi connectivity index (χ0v) is 15.5. The highest BCUT2D eigenvalue weighted by molar-refractivity contribution is 8.00. The maximum absolute atomic E-state index is 12.4. The maximum atomic E-state index is 12.4. The van der Waals surface area contributed by atoms with E-state index in [-0.39, 0.29) is 0 Å². The fourth-order valence-corrected chi connectivity index (χ4v) is 3.88. The number of para-hydroxylation sites is 3. The molecule has 4 rings (SSSR count). The van der Waals surface area contributed by atoms with Gasteiger partial charge in [-0.2, -0.15) is 13.2 Å². The van der Waals surface area contributed by atoms with Gasteiger partial charge in [-0.05, 0) is 31.2 Å². The largest absolute Gasteiger partial charge is 0.405 e. The molecule has 4 aromatic rings. The molecule has 2 aromatic carbocycles. The number of alkyl halides is 3. The Morgan fingerprint density at radius 1 is 1.11 bits per heavy atom. The minimum atomic E-state index is -4.45. The van der Waals surface area contributed by atoms with Gasteiger partial charge in [0.1, 0.15) is 12.2 Å². The Hall–Kier alpha value is -2.81. The average molecular weight is 404 g/mol. The molecule has 0 aliphatic heterocycles. The molecule has 144 valence electrons. The Labute approximate surface area is 162 Å². The molecular formula is C19H15F3N4OS. The van der Waals surface area contributed by atoms with Gasteiger partial charge in [-0.25, -0.2) is 9.97 Å². The second-order valence-electron chi connectivity index (χ2n) is 6.26. The number of benzene rings is 2. The summed E-state index contributed by atoms with van der Waals surface area (Å²) < 4.78 is 39.0. The van der Waals surface area contributed by atoms with Crippen LogP contribution in [0.25, 0.3) is 27.6 Å². The zero-order valence-electron chi connectivity index (χ0n) is 14.7. The van der Waals surface area contributed by atoms with Crippen molar-refractivity contribution in [2.45, 2.75) is 23.5 Å². The van der Waals surface area contributed by atoms with Crippen molar-refractivity contribution < 1.29 is 18.0 Å². The highest BCUT2D eigenvalue weighted by atomic mass is 32.2. The molecule has 0 radical (unpaired) electrons. The fourth-order valence-electron chi connectivity index (χ4n) is 2.94. The van der Waals surface area contributed by atoms with Crippen molar-refractivity contribution in [3.05, 3.63) is 48.5 Å². The van der Waals surface area contributed by atoms with Crippen LogP contribution in [0.3, 0.4) is 0 Å². The van der Waals surface area contributed by atoms with E-state index in [1.165, 1.54) is 0 Å². The van der Waals surface area contributed by atoms with Crippen LogP contribution >= 0.6 is 11.8 Å². The number of carbonyl (C=O) groups excluding carboxylic acids is 1. The summed E-state index contributed by atoms with van der Waals surface area (Å²) in [6.07, 6.45) is -4.45. The van der Waals surface area contributed by atoms with E-state index in [0.717, 1.165) is 28.2 Å². The normalized spacial score (nSPS) is 13.3. The van der Waals surface area contributed by atoms with E-state index in [4.69, 9.17) is 0 Å². The number of halogens is 3. The van der Waals surface area contributed by atoms with Crippen LogP contribution in [0.5, 0.6) is 0 Å². The number of amides is 1. The van der Waals surface area contributed by atoms with Crippen molar-refractivity contribution in [1.82, 2.24) is 19.7 Å². The number of rotatable bonds is 4. The second kappa shape index (κ2) is 6.97. The Morgan fingerprint density at radius 3 is 2.54 bits per heavy atom. The SMILES string of the molecule is CC(Sc1nc2ccccc2c2nc3ccccc3n12)C(=O)NCC(F)(F)F. The standard InChI is InChI=1S/C19H15F3N4OS/c1-11(17(27)23-10-19(20,21)22)28-18-25-13-7-3-2-6-12(13)16-24-14-8-4-5-9-15(14)26(16)18/h2-9,11H,10H2,1H3,(H,23,27). The van der Waals surface area contributed by atoms with Crippen molar-refractivity contribution in [2.75, 3.05) is 6.54 Å². The molecule has 28 heavy (non-hydrogen) atoms. The van der Waals surface area contributed by atoms with Crippen LogP contribution in [0.4, 0.5) is 13.2 Å². The molecule has 2 aromatic heterocycles. The minimum absolute atomic E-state index is 0.497. The summed E-state index contributed by atoms with van der Waals surface area (Å²) in [5.74, 6) is -0.699. The van der Waals surface area contributed by atoms with Crippen molar-refractivity contribution in [3.63, 3.8) is 0 Å². The lowest BCUT2D eigenvalue weighted by Gasteiger charge is -2.14. The van der Waals surface area contributed by atoms with Gasteiger partial charge in [0.25, 0.3) is 0 Å². The lowest BCUT2D eigenvalue weighted by Crippen LogP contribution is -2.38. The summed E-state index contributed by atoms with van der Waals surface area (Å²) in [5, 5.41) is 2.51. The molecule has 0 saturated heterocycles. The molecule has 1 atom stereocenters. The molecule has 0 aliphatic rings. The topological polar surface area (TPSA) is 59.3 Å². The highest BCUT2D eigenvalue weighted by Crippen LogP contribution is 2.30. The van der Waals surface area contributed by atoms with Crippen LogP contribution in [0, 0.1) is 0 Å². The Kier molecular flexibility index (Phi) is 4.62. The Balaban J connectivity index is 1.78.